The Bertz CT molecular complexity index is 571. The molecule has 0 bridgehead atoms. The number of ether oxygens (including phenoxy) is 1. The first-order valence-electron chi connectivity index (χ1n) is 6.50. The largest absolute Gasteiger partial charge is 0.398 e. The maximum Gasteiger partial charge on any atom is 0.242 e. The first-order valence-corrected chi connectivity index (χ1v) is 8.32. The summed E-state index contributed by atoms with van der Waals surface area (Å²) in [6, 6.07) is 4.37. The zero-order valence-corrected chi connectivity index (χ0v) is 13.0. The van der Waals surface area contributed by atoms with E-state index in [0.717, 1.165) is 19.4 Å². The van der Waals surface area contributed by atoms with E-state index >= 15 is 0 Å². The Morgan fingerprint density at radius 1 is 1.50 bits per heavy atom. The van der Waals surface area contributed by atoms with Crippen molar-refractivity contribution in [3.05, 3.63) is 23.2 Å². The Balaban J connectivity index is 2.13. The lowest BCUT2D eigenvalue weighted by Gasteiger charge is -2.26. The second-order valence-electron chi connectivity index (χ2n) is 5.05. The number of benzene rings is 1. The van der Waals surface area contributed by atoms with Crippen LogP contribution < -0.4 is 5.73 Å². The number of halogens is 1. The minimum absolute atomic E-state index is 0.163. The fraction of sp³-hybridized carbons (Fsp3) is 0.538. The average molecular weight is 319 g/mol. The normalized spacial score (nSPS) is 20.2. The van der Waals surface area contributed by atoms with Gasteiger partial charge in [0.1, 0.15) is 0 Å². The number of nitrogens with two attached hydrogens (primary N) is 1. The predicted molar refractivity (Wildman–Crippen MR) is 79.2 cm³/mol. The molecule has 1 aliphatic heterocycles. The summed E-state index contributed by atoms with van der Waals surface area (Å²) in [5, 5.41) is 0.250. The number of nitrogen functional groups attached to an aromatic ring is 1. The van der Waals surface area contributed by atoms with Crippen LogP contribution in [-0.2, 0) is 14.8 Å². The van der Waals surface area contributed by atoms with Gasteiger partial charge < -0.3 is 10.5 Å². The lowest BCUT2D eigenvalue weighted by Crippen LogP contribution is -2.35. The lowest BCUT2D eigenvalue weighted by atomic mass is 10.0. The summed E-state index contributed by atoms with van der Waals surface area (Å²) in [5.41, 5.74) is 5.97. The average Bonchev–Trinajstić information content (AvgIpc) is 2.42. The van der Waals surface area contributed by atoms with E-state index in [-0.39, 0.29) is 15.8 Å². The molecule has 5 nitrogen and oxygen atoms in total. The van der Waals surface area contributed by atoms with Gasteiger partial charge in [0.05, 0.1) is 22.2 Å². The van der Waals surface area contributed by atoms with Crippen molar-refractivity contribution in [2.45, 2.75) is 17.7 Å². The molecule has 1 unspecified atom stereocenters. The van der Waals surface area contributed by atoms with Gasteiger partial charge in [-0.05, 0) is 37.0 Å². The van der Waals surface area contributed by atoms with Crippen molar-refractivity contribution in [3.63, 3.8) is 0 Å². The monoisotopic (exact) mass is 318 g/mol. The summed E-state index contributed by atoms with van der Waals surface area (Å²) >= 11 is 5.89. The van der Waals surface area contributed by atoms with Crippen LogP contribution in [0.4, 0.5) is 5.69 Å². The second-order valence-corrected chi connectivity index (χ2v) is 7.50. The first kappa shape index (κ1) is 15.6. The minimum atomic E-state index is -3.54. The van der Waals surface area contributed by atoms with Gasteiger partial charge in [0, 0.05) is 20.2 Å². The zero-order valence-electron chi connectivity index (χ0n) is 11.4. The fourth-order valence-electron chi connectivity index (χ4n) is 2.26. The molecule has 0 saturated carbocycles. The molecule has 1 fully saturated rings. The fourth-order valence-corrected chi connectivity index (χ4v) is 3.78. The molecule has 7 heteroatoms. The van der Waals surface area contributed by atoms with Crippen LogP contribution in [0.1, 0.15) is 12.8 Å². The highest BCUT2D eigenvalue weighted by Crippen LogP contribution is 2.25. The van der Waals surface area contributed by atoms with Crippen LogP contribution >= 0.6 is 11.6 Å². The standard InChI is InChI=1S/C13H19ClN2O3S/c1-16(8-10-3-2-6-19-9-10)20(17,18)11-4-5-13(15)12(14)7-11/h4-5,7,10H,2-3,6,8-9,15H2,1H3. The predicted octanol–water partition coefficient (Wildman–Crippen LogP) is 1.97. The van der Waals surface area contributed by atoms with Crippen LogP contribution in [0, 0.1) is 5.92 Å². The van der Waals surface area contributed by atoms with Crippen molar-refractivity contribution in [3.8, 4) is 0 Å². The maximum absolute atomic E-state index is 12.5. The Hall–Kier alpha value is -0.820. The van der Waals surface area contributed by atoms with E-state index in [4.69, 9.17) is 22.1 Å². The first-order chi connectivity index (χ1) is 9.41. The van der Waals surface area contributed by atoms with E-state index in [1.807, 2.05) is 0 Å². The molecule has 1 aromatic rings. The van der Waals surface area contributed by atoms with Crippen LogP contribution in [0.3, 0.4) is 0 Å². The highest BCUT2D eigenvalue weighted by Gasteiger charge is 2.25. The molecule has 0 spiro atoms. The number of hydrogen-bond acceptors (Lipinski definition) is 4. The number of rotatable bonds is 4. The number of hydrogen-bond donors (Lipinski definition) is 1. The van der Waals surface area contributed by atoms with Gasteiger partial charge in [-0.1, -0.05) is 11.6 Å². The lowest BCUT2D eigenvalue weighted by molar-refractivity contribution is 0.0495. The van der Waals surface area contributed by atoms with E-state index in [2.05, 4.69) is 0 Å². The third-order valence-corrected chi connectivity index (χ3v) is 5.60. The third kappa shape index (κ3) is 3.44. The molecule has 1 heterocycles. The molecule has 0 aliphatic carbocycles. The van der Waals surface area contributed by atoms with E-state index in [1.165, 1.54) is 22.5 Å². The molecule has 1 atom stereocenters. The Morgan fingerprint density at radius 3 is 2.85 bits per heavy atom. The molecule has 1 aromatic carbocycles. The smallest absolute Gasteiger partial charge is 0.242 e. The second kappa shape index (κ2) is 6.30. The highest BCUT2D eigenvalue weighted by molar-refractivity contribution is 7.89. The molecule has 1 saturated heterocycles. The molecular weight excluding hydrogens is 300 g/mol. The summed E-state index contributed by atoms with van der Waals surface area (Å²) < 4.78 is 31.6. The third-order valence-electron chi connectivity index (χ3n) is 3.45. The summed E-state index contributed by atoms with van der Waals surface area (Å²) in [5.74, 6) is 0.243. The van der Waals surface area contributed by atoms with Gasteiger partial charge in [-0.25, -0.2) is 12.7 Å². The summed E-state index contributed by atoms with van der Waals surface area (Å²) in [7, 11) is -1.96. The van der Waals surface area contributed by atoms with Gasteiger partial charge in [-0.2, -0.15) is 0 Å². The van der Waals surface area contributed by atoms with E-state index in [1.54, 1.807) is 7.05 Å². The quantitative estimate of drug-likeness (QED) is 0.861. The highest BCUT2D eigenvalue weighted by atomic mass is 35.5. The SMILES string of the molecule is CN(CC1CCCOC1)S(=O)(=O)c1ccc(N)c(Cl)c1. The van der Waals surface area contributed by atoms with Crippen LogP contribution in [0.2, 0.25) is 5.02 Å². The molecule has 20 heavy (non-hydrogen) atoms. The topological polar surface area (TPSA) is 72.6 Å². The Kier molecular flexibility index (Phi) is 4.90. The van der Waals surface area contributed by atoms with Gasteiger partial charge in [-0.15, -0.1) is 0 Å². The van der Waals surface area contributed by atoms with E-state index < -0.39 is 10.0 Å². The van der Waals surface area contributed by atoms with Crippen LogP contribution in [0.15, 0.2) is 23.1 Å². The van der Waals surface area contributed by atoms with E-state index in [9.17, 15) is 8.42 Å². The van der Waals surface area contributed by atoms with E-state index in [0.29, 0.717) is 18.8 Å². The van der Waals surface area contributed by atoms with Crippen molar-refractivity contribution in [1.82, 2.24) is 4.31 Å². The number of nitrogens with zero attached hydrogens (tertiary/aromatic N) is 1. The number of sulfonamides is 1. The Morgan fingerprint density at radius 2 is 2.25 bits per heavy atom. The van der Waals surface area contributed by atoms with Crippen molar-refractivity contribution < 1.29 is 13.2 Å². The minimum Gasteiger partial charge on any atom is -0.398 e. The van der Waals surface area contributed by atoms with Crippen molar-refractivity contribution in [2.24, 2.45) is 5.92 Å². The number of anilines is 1. The molecule has 2 rings (SSSR count). The van der Waals surface area contributed by atoms with Gasteiger partial charge in [0.15, 0.2) is 0 Å². The molecule has 2 N–H and O–H groups in total. The van der Waals surface area contributed by atoms with Gasteiger partial charge in [0.25, 0.3) is 0 Å². The molecule has 0 aromatic heterocycles. The zero-order chi connectivity index (χ0) is 14.8. The molecule has 0 amide bonds. The van der Waals surface area contributed by atoms with Crippen LogP contribution in [0.5, 0.6) is 0 Å². The van der Waals surface area contributed by atoms with Gasteiger partial charge in [0.2, 0.25) is 10.0 Å². The summed E-state index contributed by atoms with van der Waals surface area (Å²) in [6.07, 6.45) is 1.97. The summed E-state index contributed by atoms with van der Waals surface area (Å²) in [6.45, 7) is 1.83. The van der Waals surface area contributed by atoms with Crippen molar-refractivity contribution >= 4 is 27.3 Å². The van der Waals surface area contributed by atoms with Crippen LogP contribution in [0.25, 0.3) is 0 Å². The van der Waals surface area contributed by atoms with Crippen molar-refractivity contribution in [1.29, 1.82) is 0 Å². The molecule has 1 aliphatic rings. The summed E-state index contributed by atoms with van der Waals surface area (Å²) in [4.78, 5) is 0.163. The molecular formula is C13H19ClN2O3S. The maximum atomic E-state index is 12.5. The van der Waals surface area contributed by atoms with Crippen LogP contribution in [-0.4, -0.2) is 39.5 Å². The van der Waals surface area contributed by atoms with Gasteiger partial charge in [-0.3, -0.25) is 0 Å². The molecule has 0 radical (unpaired) electrons. The molecule has 112 valence electrons. The van der Waals surface area contributed by atoms with Gasteiger partial charge >= 0.3 is 0 Å². The Labute approximate surface area is 124 Å². The van der Waals surface area contributed by atoms with Crippen molar-refractivity contribution in [2.75, 3.05) is 32.5 Å².